The number of nitrogens with zero attached hydrogens (tertiary/aromatic N) is 4. The van der Waals surface area contributed by atoms with Crippen molar-refractivity contribution in [1.29, 1.82) is 0 Å². The molecule has 3 aromatic rings. The van der Waals surface area contributed by atoms with Gasteiger partial charge in [0, 0.05) is 28.8 Å². The van der Waals surface area contributed by atoms with E-state index in [0.717, 1.165) is 23.9 Å². The lowest BCUT2D eigenvalue weighted by Crippen LogP contribution is -2.32. The van der Waals surface area contributed by atoms with Gasteiger partial charge < -0.3 is 19.9 Å². The molecular formula is C20H23N5O2. The van der Waals surface area contributed by atoms with Crippen LogP contribution in [-0.4, -0.2) is 33.6 Å². The molecule has 0 aliphatic carbocycles. The van der Waals surface area contributed by atoms with Crippen molar-refractivity contribution >= 4 is 28.3 Å². The molecule has 0 saturated heterocycles. The topological polar surface area (TPSA) is 86.3 Å². The van der Waals surface area contributed by atoms with Crippen molar-refractivity contribution in [2.24, 2.45) is 0 Å². The normalized spacial score (nSPS) is 14.3. The van der Waals surface area contributed by atoms with Gasteiger partial charge in [-0.25, -0.2) is 9.97 Å². The van der Waals surface area contributed by atoms with Crippen LogP contribution in [0.4, 0.5) is 11.5 Å². The fourth-order valence-corrected chi connectivity index (χ4v) is 3.73. The van der Waals surface area contributed by atoms with Gasteiger partial charge in [0.1, 0.15) is 24.3 Å². The third-order valence-electron chi connectivity index (χ3n) is 5.21. The Balaban J connectivity index is 1.74. The maximum absolute atomic E-state index is 13.1. The number of amides is 1. The van der Waals surface area contributed by atoms with Crippen molar-refractivity contribution in [2.75, 3.05) is 23.8 Å². The van der Waals surface area contributed by atoms with Crippen molar-refractivity contribution in [2.45, 2.75) is 32.7 Å². The van der Waals surface area contributed by atoms with Gasteiger partial charge >= 0.3 is 0 Å². The van der Waals surface area contributed by atoms with Crippen LogP contribution in [-0.2, 0) is 0 Å². The van der Waals surface area contributed by atoms with E-state index >= 15 is 0 Å². The highest BCUT2D eigenvalue weighted by Gasteiger charge is 2.28. The van der Waals surface area contributed by atoms with Crippen molar-refractivity contribution in [1.82, 2.24) is 14.5 Å². The molecule has 7 heteroatoms. The minimum absolute atomic E-state index is 0.137. The van der Waals surface area contributed by atoms with Gasteiger partial charge in [-0.05, 0) is 37.1 Å². The van der Waals surface area contributed by atoms with Gasteiger partial charge in [-0.2, -0.15) is 0 Å². The Morgan fingerprint density at radius 1 is 1.22 bits per heavy atom. The number of nitrogens with two attached hydrogens (primary N) is 1. The van der Waals surface area contributed by atoms with Crippen LogP contribution in [0.5, 0.6) is 5.88 Å². The van der Waals surface area contributed by atoms with E-state index in [9.17, 15) is 4.79 Å². The second-order valence-electron chi connectivity index (χ2n) is 6.68. The van der Waals surface area contributed by atoms with Gasteiger partial charge in [-0.3, -0.25) is 4.79 Å². The highest BCUT2D eigenvalue weighted by Crippen LogP contribution is 2.31. The van der Waals surface area contributed by atoms with Gasteiger partial charge in [0.25, 0.3) is 5.91 Å². The predicted octanol–water partition coefficient (Wildman–Crippen LogP) is 3.41. The average Bonchev–Trinajstić information content (AvgIpc) is 3.00. The summed E-state index contributed by atoms with van der Waals surface area (Å²) < 4.78 is 7.92. The van der Waals surface area contributed by atoms with Crippen molar-refractivity contribution < 1.29 is 9.53 Å². The van der Waals surface area contributed by atoms with Crippen LogP contribution < -0.4 is 15.4 Å². The molecule has 0 radical (unpaired) electrons. The number of benzene rings is 1. The molecule has 4 rings (SSSR count). The first kappa shape index (κ1) is 17.3. The standard InChI is InChI=1S/C20H23N5O2/c1-3-14(4-2)24-8-7-13-11-15(5-6-16(13)24)25-9-10-27-19-17(20(25)26)18(21)22-12-23-19/h5-8,11-12,14H,3-4,9-10H2,1-2H3,(H2,21,22,23). The van der Waals surface area contributed by atoms with Gasteiger partial charge in [0.15, 0.2) is 0 Å². The molecule has 2 N–H and O–H groups in total. The van der Waals surface area contributed by atoms with Gasteiger partial charge in [0.05, 0.1) is 6.54 Å². The van der Waals surface area contributed by atoms with Crippen LogP contribution in [0.3, 0.4) is 0 Å². The Labute approximate surface area is 157 Å². The molecule has 0 fully saturated rings. The van der Waals surface area contributed by atoms with Crippen LogP contribution in [0, 0.1) is 0 Å². The number of hydrogen-bond donors (Lipinski definition) is 1. The largest absolute Gasteiger partial charge is 0.475 e. The first-order valence-corrected chi connectivity index (χ1v) is 9.29. The molecule has 3 heterocycles. The monoisotopic (exact) mass is 365 g/mol. The summed E-state index contributed by atoms with van der Waals surface area (Å²) in [5.41, 5.74) is 8.13. The highest BCUT2D eigenvalue weighted by molar-refractivity contribution is 6.11. The Kier molecular flexibility index (Phi) is 4.43. The first-order valence-electron chi connectivity index (χ1n) is 9.29. The number of aromatic nitrogens is 3. The number of ether oxygens (including phenoxy) is 1. The Hall–Kier alpha value is -3.09. The third kappa shape index (κ3) is 2.89. The Morgan fingerprint density at radius 2 is 2.04 bits per heavy atom. The molecule has 27 heavy (non-hydrogen) atoms. The van der Waals surface area contributed by atoms with E-state index < -0.39 is 0 Å². The summed E-state index contributed by atoms with van der Waals surface area (Å²) in [5, 5.41) is 1.11. The van der Waals surface area contributed by atoms with E-state index in [1.807, 2.05) is 12.1 Å². The summed E-state index contributed by atoms with van der Waals surface area (Å²) in [6, 6.07) is 8.67. The summed E-state index contributed by atoms with van der Waals surface area (Å²) in [7, 11) is 0. The minimum atomic E-state index is -0.237. The predicted molar refractivity (Wildman–Crippen MR) is 105 cm³/mol. The summed E-state index contributed by atoms with van der Waals surface area (Å²) in [5.74, 6) is 0.146. The lowest BCUT2D eigenvalue weighted by atomic mass is 10.1. The fraction of sp³-hybridized carbons (Fsp3) is 0.350. The summed E-state index contributed by atoms with van der Waals surface area (Å²) in [6.07, 6.45) is 5.60. The molecule has 0 spiro atoms. The number of fused-ring (bicyclic) bond motifs is 2. The van der Waals surface area contributed by atoms with Crippen LogP contribution in [0.1, 0.15) is 43.1 Å². The molecule has 7 nitrogen and oxygen atoms in total. The van der Waals surface area contributed by atoms with Gasteiger partial charge in [-0.1, -0.05) is 13.8 Å². The minimum Gasteiger partial charge on any atom is -0.475 e. The Morgan fingerprint density at radius 3 is 2.81 bits per heavy atom. The van der Waals surface area contributed by atoms with E-state index in [1.165, 1.54) is 11.8 Å². The quantitative estimate of drug-likeness (QED) is 0.766. The zero-order chi connectivity index (χ0) is 19.0. The number of carbonyl (C=O) groups is 1. The molecule has 140 valence electrons. The van der Waals surface area contributed by atoms with Crippen LogP contribution in [0.15, 0.2) is 36.8 Å². The number of nitrogen functional groups attached to an aromatic ring is 1. The molecule has 0 atom stereocenters. The van der Waals surface area contributed by atoms with E-state index in [2.05, 4.69) is 46.7 Å². The summed E-state index contributed by atoms with van der Waals surface area (Å²) in [6.45, 7) is 5.18. The number of anilines is 2. The fourth-order valence-electron chi connectivity index (χ4n) is 3.73. The smallest absolute Gasteiger partial charge is 0.267 e. The third-order valence-corrected chi connectivity index (χ3v) is 5.21. The van der Waals surface area contributed by atoms with Crippen LogP contribution in [0.25, 0.3) is 10.9 Å². The molecule has 2 aromatic heterocycles. The highest BCUT2D eigenvalue weighted by atomic mass is 16.5. The van der Waals surface area contributed by atoms with Crippen molar-refractivity contribution in [3.05, 3.63) is 42.4 Å². The molecular weight excluding hydrogens is 342 g/mol. The van der Waals surface area contributed by atoms with E-state index in [4.69, 9.17) is 10.5 Å². The van der Waals surface area contributed by atoms with E-state index in [0.29, 0.717) is 19.2 Å². The second kappa shape index (κ2) is 6.90. The lowest BCUT2D eigenvalue weighted by Gasteiger charge is -2.21. The lowest BCUT2D eigenvalue weighted by molar-refractivity contribution is 0.0990. The van der Waals surface area contributed by atoms with Crippen molar-refractivity contribution in [3.63, 3.8) is 0 Å². The van der Waals surface area contributed by atoms with Gasteiger partial charge in [-0.15, -0.1) is 0 Å². The second-order valence-corrected chi connectivity index (χ2v) is 6.68. The first-order chi connectivity index (χ1) is 13.1. The summed E-state index contributed by atoms with van der Waals surface area (Å²) >= 11 is 0. The van der Waals surface area contributed by atoms with Gasteiger partial charge in [0.2, 0.25) is 5.88 Å². The number of rotatable bonds is 4. The molecule has 1 aliphatic heterocycles. The summed E-state index contributed by atoms with van der Waals surface area (Å²) in [4.78, 5) is 22.7. The molecule has 1 aromatic carbocycles. The van der Waals surface area contributed by atoms with Crippen LogP contribution >= 0.6 is 0 Å². The Bertz CT molecular complexity index is 993. The zero-order valence-electron chi connectivity index (χ0n) is 15.6. The van der Waals surface area contributed by atoms with E-state index in [-0.39, 0.29) is 23.2 Å². The number of hydrogen-bond acceptors (Lipinski definition) is 5. The molecule has 0 saturated carbocycles. The number of carbonyl (C=O) groups excluding carboxylic acids is 1. The van der Waals surface area contributed by atoms with Crippen LogP contribution in [0.2, 0.25) is 0 Å². The van der Waals surface area contributed by atoms with Crippen molar-refractivity contribution in [3.8, 4) is 5.88 Å². The average molecular weight is 365 g/mol. The molecule has 1 aliphatic rings. The zero-order valence-corrected chi connectivity index (χ0v) is 15.6. The maximum atomic E-state index is 13.1. The molecule has 0 bridgehead atoms. The molecule has 1 amide bonds. The SMILES string of the molecule is CCC(CC)n1ccc2cc(N3CCOc4ncnc(N)c4C3=O)ccc21. The maximum Gasteiger partial charge on any atom is 0.267 e. The van der Waals surface area contributed by atoms with E-state index in [1.54, 1.807) is 4.90 Å². The molecule has 0 unspecified atom stereocenters.